The summed E-state index contributed by atoms with van der Waals surface area (Å²) in [6.07, 6.45) is 0. The van der Waals surface area contributed by atoms with Crippen LogP contribution in [0, 0.1) is 0 Å². The molecule has 0 aromatic carbocycles. The monoisotopic (exact) mass is 187 g/mol. The average molecular weight is 187 g/mol. The maximum atomic E-state index is 9.04. The molecule has 0 heterocycles. The Bertz CT molecular complexity index is 172. The van der Waals surface area contributed by atoms with Gasteiger partial charge in [0.15, 0.2) is 11.9 Å². The summed E-state index contributed by atoms with van der Waals surface area (Å²) in [4.78, 5) is 36.1. The third-order valence-corrected chi connectivity index (χ3v) is 0.349. The first-order valence-corrected chi connectivity index (χ1v) is 2.17. The Hall–Kier alpha value is -1.95. The van der Waals surface area contributed by atoms with Crippen LogP contribution in [0.1, 0.15) is 0 Å². The van der Waals surface area contributed by atoms with E-state index in [4.69, 9.17) is 39.6 Å². The first kappa shape index (κ1) is 17.2. The van der Waals surface area contributed by atoms with Gasteiger partial charge in [-0.05, 0) is 0 Å². The molecule has 0 saturated carbocycles. The zero-order chi connectivity index (χ0) is 10.3. The molecule has 9 heteroatoms. The number of carboxylic acids is 4. The van der Waals surface area contributed by atoms with Crippen molar-refractivity contribution in [1.29, 1.82) is 0 Å². The van der Waals surface area contributed by atoms with Crippen LogP contribution in [0.5, 0.6) is 0 Å². The number of carboxylic acid groups (broad SMARTS) is 4. The minimum atomic E-state index is -2.07. The molecule has 0 fully saturated rings. The molecule has 0 aromatic heterocycles. The predicted octanol–water partition coefficient (Wildman–Crippen LogP) is -4.74. The topological polar surface area (TPSA) is 155 Å². The molecule has 13 heavy (non-hydrogen) atoms. The van der Waals surface area contributed by atoms with Crippen LogP contribution in [0.2, 0.25) is 0 Å². The van der Waals surface area contributed by atoms with E-state index in [1.54, 1.807) is 0 Å². The summed E-state index contributed by atoms with van der Waals surface area (Å²) in [5.41, 5.74) is 0. The number of carbonyl (C=O) groups is 4. The summed E-state index contributed by atoms with van der Waals surface area (Å²) in [6, 6.07) is 0. The molecule has 0 unspecified atom stereocenters. The molecule has 0 rings (SSSR count). The molecule has 0 radical (unpaired) electrons. The zero-order valence-corrected chi connectivity index (χ0v) is 6.05. The number of carbonyl (C=O) groups excluding carboxylic acids is 2. The van der Waals surface area contributed by atoms with E-state index in [9.17, 15) is 0 Å². The van der Waals surface area contributed by atoms with Crippen molar-refractivity contribution in [3.05, 3.63) is 0 Å². The first-order valence-electron chi connectivity index (χ1n) is 2.17. The van der Waals surface area contributed by atoms with Crippen molar-refractivity contribution in [3.8, 4) is 0 Å². The molecule has 0 atom stereocenters. The van der Waals surface area contributed by atoms with E-state index >= 15 is 0 Å². The van der Waals surface area contributed by atoms with Crippen molar-refractivity contribution in [2.75, 3.05) is 0 Å². The third kappa shape index (κ3) is 17.8. The summed E-state index contributed by atoms with van der Waals surface area (Å²) >= 11 is 0. The Morgan fingerprint density at radius 3 is 0.846 bits per heavy atom. The Morgan fingerprint density at radius 2 is 0.846 bits per heavy atom. The van der Waals surface area contributed by atoms with Gasteiger partial charge in [-0.1, -0.05) is 0 Å². The average Bonchev–Trinajstić information content (AvgIpc) is 1.88. The minimum Gasteiger partial charge on any atom is -0.539 e. The molecule has 2 N–H and O–H groups in total. The molecule has 0 bridgehead atoms. The molecule has 0 aliphatic heterocycles. The zero-order valence-electron chi connectivity index (χ0n) is 6.05. The molecule has 68 valence electrons. The smallest absolute Gasteiger partial charge is 0.539 e. The Morgan fingerprint density at radius 1 is 0.769 bits per heavy atom. The molecule has 8 nitrogen and oxygen atoms in total. The Labute approximate surface area is 74.6 Å². The molecule has 0 amide bonds. The van der Waals surface area contributed by atoms with Crippen LogP contribution in [0.25, 0.3) is 0 Å². The number of aliphatic carboxylic acids is 4. The van der Waals surface area contributed by atoms with Crippen LogP contribution in [0.4, 0.5) is 0 Å². The third-order valence-electron chi connectivity index (χ3n) is 0.349. The van der Waals surface area contributed by atoms with Crippen molar-refractivity contribution in [3.63, 3.8) is 0 Å². The van der Waals surface area contributed by atoms with Gasteiger partial charge in [0.05, 0.1) is 0 Å². The minimum absolute atomic E-state index is 0. The molecule has 0 aliphatic carbocycles. The maximum absolute atomic E-state index is 9.04. The fraction of sp³-hybridized carbons (Fsp3) is 0. The SMILES string of the molecule is O=C([O-])C(=O)O.O=C([O-])C(=O)O.[Be+2]. The van der Waals surface area contributed by atoms with Crippen LogP contribution in [0.3, 0.4) is 0 Å². The van der Waals surface area contributed by atoms with Crippen molar-refractivity contribution in [2.24, 2.45) is 0 Å². The van der Waals surface area contributed by atoms with Gasteiger partial charge in [0, 0.05) is 0 Å². The second kappa shape index (κ2) is 8.15. The molecule has 0 aromatic rings. The molecule has 0 spiro atoms. The van der Waals surface area contributed by atoms with Crippen LogP contribution >= 0.6 is 0 Å². The van der Waals surface area contributed by atoms with Crippen LogP contribution in [-0.4, -0.2) is 44.2 Å². The fourth-order valence-corrected chi connectivity index (χ4v) is 0. The standard InChI is InChI=1S/2C2H2O4.Be/c2*3-1(4)2(5)6;/h2*(H,3,4)(H,5,6);/q;;+2/p-2. The molecular weight excluding hydrogens is 185 g/mol. The molecule has 0 aliphatic rings. The van der Waals surface area contributed by atoms with Crippen molar-refractivity contribution in [2.45, 2.75) is 0 Å². The van der Waals surface area contributed by atoms with E-state index in [0.717, 1.165) is 0 Å². The van der Waals surface area contributed by atoms with Gasteiger partial charge in [-0.3, -0.25) is 0 Å². The van der Waals surface area contributed by atoms with Gasteiger partial charge in [-0.25, -0.2) is 9.59 Å². The van der Waals surface area contributed by atoms with Gasteiger partial charge < -0.3 is 30.0 Å². The van der Waals surface area contributed by atoms with Gasteiger partial charge in [-0.15, -0.1) is 0 Å². The van der Waals surface area contributed by atoms with Crippen LogP contribution < -0.4 is 10.2 Å². The van der Waals surface area contributed by atoms with E-state index in [-0.39, 0.29) is 10.1 Å². The van der Waals surface area contributed by atoms with Crippen molar-refractivity contribution in [1.82, 2.24) is 0 Å². The molecule has 0 saturated heterocycles. The van der Waals surface area contributed by atoms with Gasteiger partial charge in [0.2, 0.25) is 0 Å². The van der Waals surface area contributed by atoms with Gasteiger partial charge in [-0.2, -0.15) is 0 Å². The van der Waals surface area contributed by atoms with E-state index in [2.05, 4.69) is 0 Å². The second-order valence-electron chi connectivity index (χ2n) is 1.19. The number of hydrogen-bond acceptors (Lipinski definition) is 6. The van der Waals surface area contributed by atoms with Crippen molar-refractivity contribution < 1.29 is 39.6 Å². The normalized spacial score (nSPS) is 6.77. The summed E-state index contributed by atoms with van der Waals surface area (Å²) < 4.78 is 0. The summed E-state index contributed by atoms with van der Waals surface area (Å²) in [5, 5.41) is 32.6. The summed E-state index contributed by atoms with van der Waals surface area (Å²) in [7, 11) is 0. The second-order valence-corrected chi connectivity index (χ2v) is 1.19. The first-order chi connectivity index (χ1) is 5.29. The van der Waals surface area contributed by atoms with Gasteiger partial charge in [0.25, 0.3) is 0 Å². The summed E-state index contributed by atoms with van der Waals surface area (Å²) in [6.45, 7) is 0. The van der Waals surface area contributed by atoms with Crippen LogP contribution in [-0.2, 0) is 19.2 Å². The predicted molar refractivity (Wildman–Crippen MR) is 31.0 cm³/mol. The van der Waals surface area contributed by atoms with Crippen molar-refractivity contribution >= 4 is 34.0 Å². The fourth-order valence-electron chi connectivity index (χ4n) is 0. The van der Waals surface area contributed by atoms with E-state index in [0.29, 0.717) is 0 Å². The van der Waals surface area contributed by atoms with E-state index < -0.39 is 23.9 Å². The van der Waals surface area contributed by atoms with Gasteiger partial charge >= 0.3 is 22.1 Å². The summed E-state index contributed by atoms with van der Waals surface area (Å²) in [5.74, 6) is -8.02. The van der Waals surface area contributed by atoms with E-state index in [1.165, 1.54) is 0 Å². The molecular formula is C4H2BeO8. The Balaban J connectivity index is -0.000000143. The number of hydrogen-bond donors (Lipinski definition) is 2. The van der Waals surface area contributed by atoms with Gasteiger partial charge in [0.1, 0.15) is 0 Å². The quantitative estimate of drug-likeness (QED) is 0.283. The van der Waals surface area contributed by atoms with Crippen LogP contribution in [0.15, 0.2) is 0 Å². The maximum Gasteiger partial charge on any atom is 2.00 e. The Kier molecular flexibility index (Phi) is 10.8. The van der Waals surface area contributed by atoms with E-state index in [1.807, 2.05) is 0 Å². The number of rotatable bonds is 0. The largest absolute Gasteiger partial charge is 2.00 e.